The fourth-order valence-electron chi connectivity index (χ4n) is 7.33. The highest BCUT2D eigenvalue weighted by molar-refractivity contribution is 5.87. The molecule has 7 aromatic rings. The van der Waals surface area contributed by atoms with E-state index in [2.05, 4.69) is 219 Å². The molecule has 0 radical (unpaired) electrons. The van der Waals surface area contributed by atoms with E-state index in [1.165, 1.54) is 50.3 Å². The molecule has 242 valence electrons. The highest BCUT2D eigenvalue weighted by Crippen LogP contribution is 2.51. The van der Waals surface area contributed by atoms with Crippen molar-refractivity contribution in [3.8, 4) is 11.1 Å². The van der Waals surface area contributed by atoms with Crippen LogP contribution < -0.4 is 9.80 Å². The van der Waals surface area contributed by atoms with Crippen molar-refractivity contribution in [2.75, 3.05) is 9.80 Å². The van der Waals surface area contributed by atoms with Crippen molar-refractivity contribution in [3.05, 3.63) is 204 Å². The average molecular weight is 645 g/mol. The van der Waals surface area contributed by atoms with Crippen LogP contribution in [0, 0.1) is 6.92 Å². The van der Waals surface area contributed by atoms with Crippen molar-refractivity contribution in [2.24, 2.45) is 0 Å². The van der Waals surface area contributed by atoms with Gasteiger partial charge in [0.2, 0.25) is 0 Å². The fourth-order valence-corrected chi connectivity index (χ4v) is 7.33. The lowest BCUT2D eigenvalue weighted by atomic mass is 9.81. The molecule has 0 unspecified atom stereocenters. The van der Waals surface area contributed by atoms with Gasteiger partial charge in [-0.15, -0.1) is 0 Å². The lowest BCUT2D eigenvalue weighted by Gasteiger charge is -2.29. The van der Waals surface area contributed by atoms with Gasteiger partial charge >= 0.3 is 0 Å². The molecule has 0 heterocycles. The second-order valence-corrected chi connectivity index (χ2v) is 13.5. The largest absolute Gasteiger partial charge is 0.311 e. The van der Waals surface area contributed by atoms with Crippen LogP contribution in [-0.4, -0.2) is 0 Å². The normalized spacial score (nSPS) is 12.8. The summed E-state index contributed by atoms with van der Waals surface area (Å²) >= 11 is 0. The van der Waals surface area contributed by atoms with Gasteiger partial charge in [-0.05, 0) is 113 Å². The molecule has 0 atom stereocenters. The molecule has 0 spiro atoms. The van der Waals surface area contributed by atoms with Crippen LogP contribution >= 0.6 is 0 Å². The maximum atomic E-state index is 2.40. The monoisotopic (exact) mass is 644 g/mol. The smallest absolute Gasteiger partial charge is 0.0490 e. The van der Waals surface area contributed by atoms with E-state index in [4.69, 9.17) is 0 Å². The van der Waals surface area contributed by atoms with E-state index in [-0.39, 0.29) is 5.41 Å². The Labute approximate surface area is 296 Å². The molecule has 1 aliphatic rings. The van der Waals surface area contributed by atoms with Gasteiger partial charge in [0, 0.05) is 39.5 Å². The first-order valence-corrected chi connectivity index (χ1v) is 17.4. The van der Waals surface area contributed by atoms with Crippen LogP contribution in [0.3, 0.4) is 0 Å². The van der Waals surface area contributed by atoms with Crippen LogP contribution in [-0.2, 0) is 5.41 Å². The molecule has 0 aromatic heterocycles. The van der Waals surface area contributed by atoms with Crippen LogP contribution in [0.25, 0.3) is 23.3 Å². The van der Waals surface area contributed by atoms with E-state index in [1.807, 2.05) is 0 Å². The molecule has 0 fully saturated rings. The van der Waals surface area contributed by atoms with Crippen LogP contribution in [0.15, 0.2) is 176 Å². The molecule has 0 saturated carbocycles. The van der Waals surface area contributed by atoms with E-state index in [0.717, 1.165) is 22.7 Å². The molecular formula is C48H40N2. The quantitative estimate of drug-likeness (QED) is 0.152. The van der Waals surface area contributed by atoms with Crippen LogP contribution in [0.4, 0.5) is 34.1 Å². The van der Waals surface area contributed by atoms with Gasteiger partial charge in [-0.3, -0.25) is 0 Å². The summed E-state index contributed by atoms with van der Waals surface area (Å²) in [5, 5.41) is 0. The summed E-state index contributed by atoms with van der Waals surface area (Å²) in [6.45, 7) is 6.91. The number of anilines is 6. The molecule has 7 aromatic carbocycles. The van der Waals surface area contributed by atoms with Gasteiger partial charge in [-0.1, -0.05) is 135 Å². The number of benzene rings is 7. The number of para-hydroxylation sites is 4. The molecule has 0 aliphatic heterocycles. The maximum Gasteiger partial charge on any atom is 0.0490 e. The lowest BCUT2D eigenvalue weighted by molar-refractivity contribution is 0.660. The predicted molar refractivity (Wildman–Crippen MR) is 213 cm³/mol. The number of fused-ring (bicyclic) bond motifs is 3. The van der Waals surface area contributed by atoms with Crippen molar-refractivity contribution in [2.45, 2.75) is 26.2 Å². The number of nitrogens with zero attached hydrogens (tertiary/aromatic N) is 2. The summed E-state index contributed by atoms with van der Waals surface area (Å²) in [6, 6.07) is 63.1. The first-order valence-electron chi connectivity index (χ1n) is 17.4. The number of aryl methyl sites for hydroxylation is 1. The Kier molecular flexibility index (Phi) is 8.14. The molecule has 0 bridgehead atoms. The Morgan fingerprint density at radius 3 is 1.44 bits per heavy atom. The summed E-state index contributed by atoms with van der Waals surface area (Å²) in [5.41, 5.74) is 15.8. The summed E-state index contributed by atoms with van der Waals surface area (Å²) in [5.74, 6) is 0. The third-order valence-electron chi connectivity index (χ3n) is 9.96. The van der Waals surface area contributed by atoms with Gasteiger partial charge in [0.25, 0.3) is 0 Å². The molecule has 2 nitrogen and oxygen atoms in total. The highest BCUT2D eigenvalue weighted by Gasteiger charge is 2.36. The minimum Gasteiger partial charge on any atom is -0.311 e. The zero-order valence-corrected chi connectivity index (χ0v) is 28.8. The van der Waals surface area contributed by atoms with Crippen molar-refractivity contribution < 1.29 is 0 Å². The molecular weight excluding hydrogens is 605 g/mol. The summed E-state index contributed by atoms with van der Waals surface area (Å²) in [6.07, 6.45) is 4.45. The topological polar surface area (TPSA) is 6.48 Å². The second kappa shape index (κ2) is 13.1. The van der Waals surface area contributed by atoms with Gasteiger partial charge in [-0.25, -0.2) is 0 Å². The zero-order chi connectivity index (χ0) is 34.1. The van der Waals surface area contributed by atoms with Crippen molar-refractivity contribution in [3.63, 3.8) is 0 Å². The summed E-state index contributed by atoms with van der Waals surface area (Å²) in [7, 11) is 0. The molecule has 0 N–H and O–H groups in total. The predicted octanol–water partition coefficient (Wildman–Crippen LogP) is 13.4. The van der Waals surface area contributed by atoms with E-state index < -0.39 is 0 Å². The average Bonchev–Trinajstić information content (AvgIpc) is 3.38. The minimum atomic E-state index is -0.140. The van der Waals surface area contributed by atoms with Gasteiger partial charge in [0.05, 0.1) is 0 Å². The molecule has 2 heteroatoms. The van der Waals surface area contributed by atoms with Gasteiger partial charge in [0.15, 0.2) is 0 Å². The summed E-state index contributed by atoms with van der Waals surface area (Å²) in [4.78, 5) is 4.67. The number of hydrogen-bond acceptors (Lipinski definition) is 2. The van der Waals surface area contributed by atoms with Crippen molar-refractivity contribution in [1.29, 1.82) is 0 Å². The Morgan fingerprint density at radius 1 is 0.400 bits per heavy atom. The van der Waals surface area contributed by atoms with Crippen LogP contribution in [0.2, 0.25) is 0 Å². The van der Waals surface area contributed by atoms with Crippen molar-refractivity contribution in [1.82, 2.24) is 0 Å². The standard InChI is InChI=1S/C48H40N2/c1-35-15-13-14-22-47(35)50(40-20-11-6-12-21-40)42-30-32-44-43-31-27-37(33-45(43)48(2,3)46(44)34-42)24-23-36-25-28-41(29-26-36)49(38-16-7-4-8-17-38)39-18-9-5-10-19-39/h4-34H,1-3H3/b24-23+. The SMILES string of the molecule is Cc1ccccc1N(c1ccccc1)c1ccc2c(c1)C(C)(C)c1cc(/C=C/c3ccc(N(c4ccccc4)c4ccccc4)cc3)ccc1-2. The Hall–Kier alpha value is -6.12. The number of hydrogen-bond donors (Lipinski definition) is 0. The maximum absolute atomic E-state index is 2.40. The van der Waals surface area contributed by atoms with Crippen molar-refractivity contribution >= 4 is 46.3 Å². The highest BCUT2D eigenvalue weighted by atomic mass is 15.1. The Bertz CT molecular complexity index is 2250. The van der Waals surface area contributed by atoms with E-state index in [1.54, 1.807) is 0 Å². The minimum absolute atomic E-state index is 0.140. The van der Waals surface area contributed by atoms with E-state index in [9.17, 15) is 0 Å². The van der Waals surface area contributed by atoms with E-state index >= 15 is 0 Å². The first kappa shape index (κ1) is 31.2. The third kappa shape index (κ3) is 5.80. The van der Waals surface area contributed by atoms with E-state index in [0.29, 0.717) is 0 Å². The number of rotatable bonds is 8. The Balaban J connectivity index is 1.08. The molecule has 0 saturated heterocycles. The lowest BCUT2D eigenvalue weighted by Crippen LogP contribution is -2.17. The van der Waals surface area contributed by atoms with Crippen LogP contribution in [0.1, 0.15) is 41.7 Å². The molecule has 50 heavy (non-hydrogen) atoms. The fraction of sp³-hybridized carbons (Fsp3) is 0.0833. The van der Waals surface area contributed by atoms with Gasteiger partial charge < -0.3 is 9.80 Å². The second-order valence-electron chi connectivity index (χ2n) is 13.5. The van der Waals surface area contributed by atoms with Gasteiger partial charge in [-0.2, -0.15) is 0 Å². The first-order chi connectivity index (χ1) is 24.5. The summed E-state index contributed by atoms with van der Waals surface area (Å²) < 4.78 is 0. The third-order valence-corrected chi connectivity index (χ3v) is 9.96. The molecule has 1 aliphatic carbocycles. The Morgan fingerprint density at radius 2 is 0.840 bits per heavy atom. The molecule has 0 amide bonds. The van der Waals surface area contributed by atoms with Gasteiger partial charge in [0.1, 0.15) is 0 Å². The van der Waals surface area contributed by atoms with Crippen LogP contribution in [0.5, 0.6) is 0 Å². The zero-order valence-electron chi connectivity index (χ0n) is 28.8. The molecule has 8 rings (SSSR count).